The summed E-state index contributed by atoms with van der Waals surface area (Å²) in [7, 11) is 0. The molecule has 3 aliphatic heterocycles. The number of benzene rings is 2. The standard InChI is InChI=1S/C27H28ClFN2O7/c28-15-1-8-24(22(9-15)26(34)30-13-19(32)12-23(30)27(35)36)37-14-25(33)31-17-4-5-18(31)11-21(10-17)38-20-6-2-16(29)3-7-20/h1-3,6-9,17-19,21,23,32H,4-5,10-14H2,(H,35,36)/t17-,18+,19-,21?,23+/m1/s1. The second-order valence-electron chi connectivity index (χ2n) is 9.98. The number of likely N-dealkylation sites (tertiary alicyclic amines) is 1. The molecule has 0 aromatic heterocycles. The molecule has 2 aromatic rings. The SMILES string of the molecule is O=C(O)[C@@H]1C[C@@H](O)CN1C(=O)c1cc(Cl)ccc1OCC(=O)N1[C@@H]2CC[C@H]1CC(Oc1ccc(F)cc1)C2. The lowest BCUT2D eigenvalue weighted by atomic mass is 9.99. The Morgan fingerprint density at radius 3 is 2.37 bits per heavy atom. The van der Waals surface area contributed by atoms with Crippen LogP contribution in [-0.4, -0.2) is 81.3 Å². The van der Waals surface area contributed by atoms with E-state index in [1.807, 2.05) is 4.90 Å². The van der Waals surface area contributed by atoms with Gasteiger partial charge in [0.2, 0.25) is 0 Å². The Labute approximate surface area is 223 Å². The maximum Gasteiger partial charge on any atom is 0.326 e. The fourth-order valence-corrected chi connectivity index (χ4v) is 5.94. The third kappa shape index (κ3) is 5.42. The molecule has 9 nitrogen and oxygen atoms in total. The predicted molar refractivity (Wildman–Crippen MR) is 134 cm³/mol. The van der Waals surface area contributed by atoms with Gasteiger partial charge in [0.25, 0.3) is 11.8 Å². The Morgan fingerprint density at radius 2 is 1.71 bits per heavy atom. The molecule has 0 saturated carbocycles. The molecule has 2 amide bonds. The maximum atomic E-state index is 13.2. The smallest absolute Gasteiger partial charge is 0.326 e. The molecule has 0 aliphatic carbocycles. The first-order chi connectivity index (χ1) is 18.2. The number of fused-ring (bicyclic) bond motifs is 2. The number of carbonyl (C=O) groups excluding carboxylic acids is 2. The van der Waals surface area contributed by atoms with E-state index in [4.69, 9.17) is 21.1 Å². The van der Waals surface area contributed by atoms with Crippen molar-refractivity contribution in [1.29, 1.82) is 0 Å². The Hall–Kier alpha value is -3.37. The molecular weight excluding hydrogens is 519 g/mol. The zero-order valence-electron chi connectivity index (χ0n) is 20.5. The lowest BCUT2D eigenvalue weighted by Gasteiger charge is -2.38. The fraction of sp³-hybridized carbons (Fsp3) is 0.444. The largest absolute Gasteiger partial charge is 0.490 e. The highest BCUT2D eigenvalue weighted by atomic mass is 35.5. The van der Waals surface area contributed by atoms with Crippen molar-refractivity contribution in [1.82, 2.24) is 9.80 Å². The van der Waals surface area contributed by atoms with Crippen LogP contribution in [0.5, 0.6) is 11.5 Å². The summed E-state index contributed by atoms with van der Waals surface area (Å²) in [6.45, 7) is -0.428. The maximum absolute atomic E-state index is 13.2. The number of amides is 2. The molecule has 3 aliphatic rings. The van der Waals surface area contributed by atoms with E-state index in [1.165, 1.54) is 30.3 Å². The molecule has 1 unspecified atom stereocenters. The van der Waals surface area contributed by atoms with E-state index in [9.17, 15) is 29.0 Å². The van der Waals surface area contributed by atoms with Crippen LogP contribution in [0.3, 0.4) is 0 Å². The van der Waals surface area contributed by atoms with E-state index < -0.39 is 24.0 Å². The lowest BCUT2D eigenvalue weighted by molar-refractivity contribution is -0.141. The summed E-state index contributed by atoms with van der Waals surface area (Å²) in [5, 5.41) is 19.7. The van der Waals surface area contributed by atoms with Crippen molar-refractivity contribution < 1.29 is 38.5 Å². The minimum Gasteiger partial charge on any atom is -0.490 e. The van der Waals surface area contributed by atoms with Gasteiger partial charge in [-0.1, -0.05) is 11.6 Å². The topological polar surface area (TPSA) is 117 Å². The number of halogens is 2. The lowest BCUT2D eigenvalue weighted by Crippen LogP contribution is -2.50. The van der Waals surface area contributed by atoms with Crippen molar-refractivity contribution in [2.75, 3.05) is 13.2 Å². The normalized spacial score (nSPS) is 26.3. The van der Waals surface area contributed by atoms with Crippen LogP contribution in [0, 0.1) is 5.82 Å². The van der Waals surface area contributed by atoms with E-state index >= 15 is 0 Å². The number of carbonyl (C=O) groups is 3. The Bertz CT molecular complexity index is 1210. The van der Waals surface area contributed by atoms with Gasteiger partial charge in [0, 0.05) is 42.9 Å². The number of hydrogen-bond acceptors (Lipinski definition) is 6. The van der Waals surface area contributed by atoms with Gasteiger partial charge in [-0.15, -0.1) is 0 Å². The van der Waals surface area contributed by atoms with Crippen LogP contribution in [0.2, 0.25) is 5.02 Å². The summed E-state index contributed by atoms with van der Waals surface area (Å²) in [5.74, 6) is -1.70. The second kappa shape index (κ2) is 10.8. The van der Waals surface area contributed by atoms with Crippen LogP contribution in [0.4, 0.5) is 4.39 Å². The van der Waals surface area contributed by atoms with Gasteiger partial charge < -0.3 is 29.5 Å². The van der Waals surface area contributed by atoms with Crippen LogP contribution in [-0.2, 0) is 9.59 Å². The third-order valence-corrected chi connectivity index (χ3v) is 7.68. The van der Waals surface area contributed by atoms with Crippen molar-refractivity contribution in [2.45, 2.75) is 62.4 Å². The highest BCUT2D eigenvalue weighted by molar-refractivity contribution is 6.31. The molecule has 5 atom stereocenters. The van der Waals surface area contributed by atoms with Crippen LogP contribution in [0.25, 0.3) is 0 Å². The van der Waals surface area contributed by atoms with Gasteiger partial charge in [0.15, 0.2) is 6.61 Å². The van der Waals surface area contributed by atoms with Crippen LogP contribution in [0.15, 0.2) is 42.5 Å². The number of rotatable bonds is 7. The van der Waals surface area contributed by atoms with Crippen molar-refractivity contribution >= 4 is 29.4 Å². The number of nitrogens with zero attached hydrogens (tertiary/aromatic N) is 2. The molecule has 38 heavy (non-hydrogen) atoms. The van der Waals surface area contributed by atoms with Crippen LogP contribution in [0.1, 0.15) is 42.5 Å². The number of ether oxygens (including phenoxy) is 2. The minimum atomic E-state index is -1.21. The quantitative estimate of drug-likeness (QED) is 0.548. The third-order valence-electron chi connectivity index (χ3n) is 7.44. The molecule has 5 rings (SSSR count). The highest BCUT2D eigenvalue weighted by Crippen LogP contribution is 2.38. The zero-order valence-corrected chi connectivity index (χ0v) is 21.2. The molecule has 0 spiro atoms. The van der Waals surface area contributed by atoms with E-state index in [-0.39, 0.29) is 65.8 Å². The van der Waals surface area contributed by atoms with Gasteiger partial charge in [0.1, 0.15) is 29.5 Å². The van der Waals surface area contributed by atoms with Gasteiger partial charge in [0.05, 0.1) is 11.7 Å². The highest BCUT2D eigenvalue weighted by Gasteiger charge is 2.44. The first-order valence-electron chi connectivity index (χ1n) is 12.6. The average Bonchev–Trinajstić information content (AvgIpc) is 3.41. The Balaban J connectivity index is 1.24. The van der Waals surface area contributed by atoms with Crippen molar-refractivity contribution in [3.05, 3.63) is 58.9 Å². The van der Waals surface area contributed by atoms with Crippen LogP contribution < -0.4 is 9.47 Å². The fourth-order valence-electron chi connectivity index (χ4n) is 5.77. The monoisotopic (exact) mass is 546 g/mol. The summed E-state index contributed by atoms with van der Waals surface area (Å²) < 4.78 is 25.0. The van der Waals surface area contributed by atoms with E-state index in [1.54, 1.807) is 12.1 Å². The predicted octanol–water partition coefficient (Wildman–Crippen LogP) is 3.12. The van der Waals surface area contributed by atoms with E-state index in [2.05, 4.69) is 0 Å². The second-order valence-corrected chi connectivity index (χ2v) is 10.4. The number of aliphatic hydroxyl groups excluding tert-OH is 1. The Morgan fingerprint density at radius 1 is 1.03 bits per heavy atom. The average molecular weight is 547 g/mol. The minimum absolute atomic E-state index is 0.0102. The molecule has 2 N–H and O–H groups in total. The van der Waals surface area contributed by atoms with Crippen molar-refractivity contribution in [3.8, 4) is 11.5 Å². The molecule has 3 saturated heterocycles. The summed E-state index contributed by atoms with van der Waals surface area (Å²) in [4.78, 5) is 41.0. The summed E-state index contributed by atoms with van der Waals surface area (Å²) >= 11 is 6.11. The number of aliphatic hydroxyl groups is 1. The molecule has 0 radical (unpaired) electrons. The van der Waals surface area contributed by atoms with Gasteiger partial charge in [-0.3, -0.25) is 9.59 Å². The van der Waals surface area contributed by atoms with Gasteiger partial charge in [-0.05, 0) is 55.3 Å². The number of carboxylic acids is 1. The Kier molecular flexibility index (Phi) is 7.45. The number of hydrogen-bond donors (Lipinski definition) is 2. The van der Waals surface area contributed by atoms with Crippen LogP contribution >= 0.6 is 11.6 Å². The van der Waals surface area contributed by atoms with Gasteiger partial charge in [-0.2, -0.15) is 0 Å². The zero-order chi connectivity index (χ0) is 27.0. The number of β-amino-alcohol motifs (C(OH)–C–C–N with tert-alkyl or cyclic N) is 1. The molecule has 2 aromatic carbocycles. The molecule has 3 fully saturated rings. The van der Waals surface area contributed by atoms with Crippen molar-refractivity contribution in [2.24, 2.45) is 0 Å². The number of carboxylic acid groups (broad SMARTS) is 1. The molecule has 11 heteroatoms. The summed E-state index contributed by atoms with van der Waals surface area (Å²) in [6.07, 6.45) is 1.89. The molecule has 3 heterocycles. The number of piperidine rings is 1. The summed E-state index contributed by atoms with van der Waals surface area (Å²) in [5.41, 5.74) is 0.0278. The molecule has 2 bridgehead atoms. The van der Waals surface area contributed by atoms with Gasteiger partial charge >= 0.3 is 5.97 Å². The van der Waals surface area contributed by atoms with E-state index in [0.29, 0.717) is 18.6 Å². The first-order valence-corrected chi connectivity index (χ1v) is 12.9. The number of aliphatic carboxylic acids is 1. The van der Waals surface area contributed by atoms with Crippen molar-refractivity contribution in [3.63, 3.8) is 0 Å². The molecule has 202 valence electrons. The summed E-state index contributed by atoms with van der Waals surface area (Å²) in [6, 6.07) is 9.07. The molecular formula is C27H28ClFN2O7. The van der Waals surface area contributed by atoms with Gasteiger partial charge in [-0.25, -0.2) is 9.18 Å². The van der Waals surface area contributed by atoms with E-state index in [0.717, 1.165) is 17.7 Å². The first kappa shape index (κ1) is 26.2.